The predicted octanol–water partition coefficient (Wildman–Crippen LogP) is 2.71. The molecule has 2 aromatic rings. The Morgan fingerprint density at radius 3 is 2.52 bits per heavy atom. The largest absolute Gasteiger partial charge is 0.378 e. The smallest absolute Gasteiger partial charge is 0.311 e. The number of nitrogens with zero attached hydrogens (tertiary/aromatic N) is 3. The Morgan fingerprint density at radius 1 is 1.17 bits per heavy atom. The second-order valence-electron chi connectivity index (χ2n) is 5.03. The number of ether oxygens (including phenoxy) is 1. The Balaban J connectivity index is 1.91. The van der Waals surface area contributed by atoms with Crippen LogP contribution in [0.25, 0.3) is 0 Å². The van der Waals surface area contributed by atoms with E-state index >= 15 is 0 Å². The lowest BCUT2D eigenvalue weighted by Gasteiger charge is -2.28. The van der Waals surface area contributed by atoms with Crippen LogP contribution in [0.15, 0.2) is 36.4 Å². The average Bonchev–Trinajstić information content (AvgIpc) is 2.57. The minimum atomic E-state index is -0.498. The number of halogens is 1. The maximum Gasteiger partial charge on any atom is 0.311 e. The van der Waals surface area contributed by atoms with Crippen molar-refractivity contribution in [1.29, 1.82) is 0 Å². The number of hydrogen-bond acceptors (Lipinski definition) is 6. The number of anilines is 3. The third-order valence-electron chi connectivity index (χ3n) is 3.50. The second-order valence-corrected chi connectivity index (χ2v) is 5.03. The molecule has 1 aromatic heterocycles. The summed E-state index contributed by atoms with van der Waals surface area (Å²) in [4.78, 5) is 17.0. The first-order valence-electron chi connectivity index (χ1n) is 7.14. The fourth-order valence-corrected chi connectivity index (χ4v) is 2.32. The molecule has 0 atom stereocenters. The van der Waals surface area contributed by atoms with Crippen molar-refractivity contribution < 1.29 is 14.1 Å². The first-order chi connectivity index (χ1) is 11.1. The van der Waals surface area contributed by atoms with Crippen molar-refractivity contribution in [3.05, 3.63) is 52.3 Å². The summed E-state index contributed by atoms with van der Waals surface area (Å²) < 4.78 is 18.3. The van der Waals surface area contributed by atoms with Crippen molar-refractivity contribution in [3.8, 4) is 0 Å². The molecule has 0 saturated carbocycles. The molecule has 23 heavy (non-hydrogen) atoms. The summed E-state index contributed by atoms with van der Waals surface area (Å²) in [5.74, 6) is 0.397. The van der Waals surface area contributed by atoms with E-state index < -0.39 is 4.92 Å². The van der Waals surface area contributed by atoms with Crippen molar-refractivity contribution in [2.24, 2.45) is 0 Å². The zero-order chi connectivity index (χ0) is 16.2. The first kappa shape index (κ1) is 15.2. The molecule has 120 valence electrons. The van der Waals surface area contributed by atoms with Crippen LogP contribution in [-0.2, 0) is 4.74 Å². The van der Waals surface area contributed by atoms with Crippen LogP contribution in [0.4, 0.5) is 27.4 Å². The van der Waals surface area contributed by atoms with E-state index in [1.807, 2.05) is 4.90 Å². The highest BCUT2D eigenvalue weighted by molar-refractivity contribution is 5.67. The van der Waals surface area contributed by atoms with E-state index in [1.165, 1.54) is 30.3 Å². The fourth-order valence-electron chi connectivity index (χ4n) is 2.32. The van der Waals surface area contributed by atoms with Crippen LogP contribution in [0.5, 0.6) is 0 Å². The second kappa shape index (κ2) is 6.57. The van der Waals surface area contributed by atoms with Gasteiger partial charge in [0, 0.05) is 24.8 Å². The van der Waals surface area contributed by atoms with E-state index in [9.17, 15) is 14.5 Å². The molecule has 1 aliphatic heterocycles. The topological polar surface area (TPSA) is 80.5 Å². The molecule has 0 spiro atoms. The summed E-state index contributed by atoms with van der Waals surface area (Å²) in [6, 6.07) is 8.60. The van der Waals surface area contributed by atoms with Gasteiger partial charge in [0.25, 0.3) is 0 Å². The molecule has 3 rings (SSSR count). The van der Waals surface area contributed by atoms with Crippen molar-refractivity contribution in [2.75, 3.05) is 36.5 Å². The molecule has 0 aliphatic carbocycles. The van der Waals surface area contributed by atoms with Gasteiger partial charge in [-0.2, -0.15) is 0 Å². The lowest BCUT2D eigenvalue weighted by Crippen LogP contribution is -2.36. The van der Waals surface area contributed by atoms with E-state index in [0.717, 1.165) is 0 Å². The van der Waals surface area contributed by atoms with E-state index in [0.29, 0.717) is 37.8 Å². The Morgan fingerprint density at radius 2 is 1.87 bits per heavy atom. The zero-order valence-electron chi connectivity index (χ0n) is 12.2. The van der Waals surface area contributed by atoms with Crippen molar-refractivity contribution in [3.63, 3.8) is 0 Å². The number of pyridine rings is 1. The number of hydrogen-bond donors (Lipinski definition) is 1. The van der Waals surface area contributed by atoms with Crippen molar-refractivity contribution in [1.82, 2.24) is 4.98 Å². The molecule has 7 nitrogen and oxygen atoms in total. The molecular weight excluding hydrogens is 303 g/mol. The van der Waals surface area contributed by atoms with Crippen LogP contribution >= 0.6 is 0 Å². The normalized spacial score (nSPS) is 14.6. The molecule has 8 heteroatoms. The highest BCUT2D eigenvalue weighted by Gasteiger charge is 2.20. The number of rotatable bonds is 4. The van der Waals surface area contributed by atoms with Gasteiger partial charge in [-0.25, -0.2) is 9.37 Å². The maximum absolute atomic E-state index is 13.0. The van der Waals surface area contributed by atoms with E-state index in [1.54, 1.807) is 6.07 Å². The molecule has 0 amide bonds. The number of benzene rings is 1. The summed E-state index contributed by atoms with van der Waals surface area (Å²) in [5.41, 5.74) is 0.396. The van der Waals surface area contributed by atoms with Gasteiger partial charge in [0.1, 0.15) is 11.6 Å². The lowest BCUT2D eigenvalue weighted by molar-refractivity contribution is -0.384. The minimum Gasteiger partial charge on any atom is -0.378 e. The van der Waals surface area contributed by atoms with Gasteiger partial charge >= 0.3 is 5.69 Å². The van der Waals surface area contributed by atoms with Crippen LogP contribution < -0.4 is 10.2 Å². The molecule has 0 bridgehead atoms. The van der Waals surface area contributed by atoms with Gasteiger partial charge in [-0.3, -0.25) is 10.1 Å². The highest BCUT2D eigenvalue weighted by Crippen LogP contribution is 2.28. The third kappa shape index (κ3) is 3.54. The van der Waals surface area contributed by atoms with Gasteiger partial charge in [0.2, 0.25) is 5.82 Å². The molecule has 2 heterocycles. The Labute approximate surface area is 131 Å². The number of nitrogens with one attached hydrogen (secondary N) is 1. The average molecular weight is 318 g/mol. The van der Waals surface area contributed by atoms with Crippen molar-refractivity contribution >= 4 is 23.0 Å². The molecule has 1 aliphatic rings. The Hall–Kier alpha value is -2.74. The van der Waals surface area contributed by atoms with Gasteiger partial charge in [-0.1, -0.05) is 0 Å². The van der Waals surface area contributed by atoms with Crippen molar-refractivity contribution in [2.45, 2.75) is 0 Å². The van der Waals surface area contributed by atoms with Gasteiger partial charge in [0.05, 0.1) is 18.1 Å². The molecule has 1 aromatic carbocycles. The third-order valence-corrected chi connectivity index (χ3v) is 3.50. The van der Waals surface area contributed by atoms with Crippen LogP contribution in [-0.4, -0.2) is 36.2 Å². The number of morpholine rings is 1. The number of aromatic nitrogens is 1. The summed E-state index contributed by atoms with van der Waals surface area (Å²) >= 11 is 0. The summed E-state index contributed by atoms with van der Waals surface area (Å²) in [5, 5.41) is 14.1. The van der Waals surface area contributed by atoms with E-state index in [-0.39, 0.29) is 17.3 Å². The molecule has 0 unspecified atom stereocenters. The van der Waals surface area contributed by atoms with Crippen LogP contribution in [0.1, 0.15) is 0 Å². The summed E-state index contributed by atoms with van der Waals surface area (Å²) in [6.07, 6.45) is 0. The van der Waals surface area contributed by atoms with Crippen LogP contribution in [0, 0.1) is 15.9 Å². The van der Waals surface area contributed by atoms with Gasteiger partial charge in [-0.05, 0) is 30.3 Å². The molecule has 1 N–H and O–H groups in total. The van der Waals surface area contributed by atoms with Crippen LogP contribution in [0.3, 0.4) is 0 Å². The first-order valence-corrected chi connectivity index (χ1v) is 7.14. The predicted molar refractivity (Wildman–Crippen MR) is 83.6 cm³/mol. The van der Waals surface area contributed by atoms with Crippen LogP contribution in [0.2, 0.25) is 0 Å². The molecule has 1 fully saturated rings. The van der Waals surface area contributed by atoms with Gasteiger partial charge < -0.3 is 15.0 Å². The quantitative estimate of drug-likeness (QED) is 0.689. The Kier molecular flexibility index (Phi) is 4.33. The molecule has 0 radical (unpaired) electrons. The monoisotopic (exact) mass is 318 g/mol. The number of nitro groups is 1. The molecule has 1 saturated heterocycles. The van der Waals surface area contributed by atoms with Gasteiger partial charge in [-0.15, -0.1) is 0 Å². The minimum absolute atomic E-state index is 0.130. The summed E-state index contributed by atoms with van der Waals surface area (Å²) in [6.45, 7) is 2.56. The maximum atomic E-state index is 13.0. The fraction of sp³-hybridized carbons (Fsp3) is 0.267. The standard InChI is InChI=1S/C15H15FN4O3/c16-11-1-3-12(4-2-11)17-15-13(20(21)22)5-6-14(18-15)19-7-9-23-10-8-19/h1-6H,7-10H2,(H,17,18). The zero-order valence-corrected chi connectivity index (χ0v) is 12.2. The lowest BCUT2D eigenvalue weighted by atomic mass is 10.3. The SMILES string of the molecule is O=[N+]([O-])c1ccc(N2CCOCC2)nc1Nc1ccc(F)cc1. The van der Waals surface area contributed by atoms with Gasteiger partial charge in [0.15, 0.2) is 0 Å². The molecular formula is C15H15FN4O3. The Bertz CT molecular complexity index is 702. The van der Waals surface area contributed by atoms with E-state index in [4.69, 9.17) is 4.74 Å². The highest BCUT2D eigenvalue weighted by atomic mass is 19.1. The van der Waals surface area contributed by atoms with E-state index in [2.05, 4.69) is 10.3 Å². The summed E-state index contributed by atoms with van der Waals surface area (Å²) in [7, 11) is 0.